The number of nitrogens with zero attached hydrogens (tertiary/aromatic N) is 2. The number of hydrogen-bond donors (Lipinski definition) is 2. The molecule has 0 spiro atoms. The average molecular weight is 558 g/mol. The molecule has 198 valence electrons. The van der Waals surface area contributed by atoms with Gasteiger partial charge in [0.15, 0.2) is 0 Å². The number of thiazole rings is 1. The predicted molar refractivity (Wildman–Crippen MR) is 155 cm³/mol. The number of phenolic OH excluding ortho intramolecular Hbond substituents is 1. The molecule has 1 aromatic heterocycles. The molecule has 0 atom stereocenters. The van der Waals surface area contributed by atoms with Gasteiger partial charge in [0.1, 0.15) is 10.8 Å². The molecule has 2 N–H and O–H groups in total. The van der Waals surface area contributed by atoms with Crippen LogP contribution in [0.2, 0.25) is 0 Å². The third-order valence-corrected chi connectivity index (χ3v) is 9.37. The summed E-state index contributed by atoms with van der Waals surface area (Å²) in [6.07, 6.45) is 0. The maximum atomic E-state index is 13.4. The van der Waals surface area contributed by atoms with Crippen LogP contribution in [0.15, 0.2) is 102 Å². The summed E-state index contributed by atoms with van der Waals surface area (Å²) in [6, 6.07) is 27.7. The van der Waals surface area contributed by atoms with Gasteiger partial charge < -0.3 is 10.4 Å². The SMILES string of the molecule is CC(C)N(Cc1ccccc1)S(=O)(=O)c1ccc(C(=O)Nc2ccc(-c3nc4ccccc4s3)c(O)c2)cc1. The summed E-state index contributed by atoms with van der Waals surface area (Å²) >= 11 is 1.48. The molecule has 7 nitrogen and oxygen atoms in total. The van der Waals surface area contributed by atoms with Crippen LogP contribution in [-0.2, 0) is 16.6 Å². The fraction of sp³-hybridized carbons (Fsp3) is 0.133. The van der Waals surface area contributed by atoms with E-state index in [-0.39, 0.29) is 23.2 Å². The summed E-state index contributed by atoms with van der Waals surface area (Å²) in [5.41, 5.74) is 3.03. The van der Waals surface area contributed by atoms with Crippen molar-refractivity contribution in [3.63, 3.8) is 0 Å². The van der Waals surface area contributed by atoms with E-state index in [1.807, 2.05) is 68.4 Å². The zero-order valence-electron chi connectivity index (χ0n) is 21.4. The minimum atomic E-state index is -3.78. The Morgan fingerprint density at radius 3 is 2.31 bits per heavy atom. The van der Waals surface area contributed by atoms with Crippen LogP contribution in [-0.4, -0.2) is 34.8 Å². The number of aromatic nitrogens is 1. The first-order chi connectivity index (χ1) is 18.7. The Hall–Kier alpha value is -4.05. The van der Waals surface area contributed by atoms with E-state index in [1.54, 1.807) is 12.1 Å². The van der Waals surface area contributed by atoms with Crippen LogP contribution in [0.25, 0.3) is 20.8 Å². The van der Waals surface area contributed by atoms with Gasteiger partial charge in [-0.2, -0.15) is 4.31 Å². The van der Waals surface area contributed by atoms with Gasteiger partial charge in [0.2, 0.25) is 10.0 Å². The van der Waals surface area contributed by atoms with E-state index in [9.17, 15) is 18.3 Å². The number of hydrogen-bond acceptors (Lipinski definition) is 6. The Bertz CT molecular complexity index is 1700. The van der Waals surface area contributed by atoms with E-state index < -0.39 is 15.9 Å². The zero-order chi connectivity index (χ0) is 27.6. The second-order valence-electron chi connectivity index (χ2n) is 9.33. The van der Waals surface area contributed by atoms with Gasteiger partial charge in [-0.05, 0) is 67.9 Å². The third-order valence-electron chi connectivity index (χ3n) is 6.26. The molecule has 39 heavy (non-hydrogen) atoms. The third kappa shape index (κ3) is 5.70. The molecule has 0 aliphatic carbocycles. The second kappa shape index (κ2) is 11.0. The number of rotatable bonds is 8. The van der Waals surface area contributed by atoms with Crippen LogP contribution in [0.3, 0.4) is 0 Å². The van der Waals surface area contributed by atoms with Crippen LogP contribution < -0.4 is 5.32 Å². The first-order valence-electron chi connectivity index (χ1n) is 12.4. The van der Waals surface area contributed by atoms with Crippen molar-refractivity contribution in [3.8, 4) is 16.3 Å². The molecule has 0 radical (unpaired) electrons. The van der Waals surface area contributed by atoms with Crippen LogP contribution in [0, 0.1) is 0 Å². The van der Waals surface area contributed by atoms with E-state index in [2.05, 4.69) is 10.3 Å². The minimum absolute atomic E-state index is 0.000454. The largest absolute Gasteiger partial charge is 0.507 e. The summed E-state index contributed by atoms with van der Waals surface area (Å²) < 4.78 is 29.2. The molecular weight excluding hydrogens is 530 g/mol. The van der Waals surface area contributed by atoms with Gasteiger partial charge in [0.05, 0.1) is 20.7 Å². The van der Waals surface area contributed by atoms with E-state index in [4.69, 9.17) is 0 Å². The van der Waals surface area contributed by atoms with Crippen molar-refractivity contribution in [2.75, 3.05) is 5.32 Å². The van der Waals surface area contributed by atoms with Crippen molar-refractivity contribution >= 4 is 43.2 Å². The number of carbonyl (C=O) groups excluding carboxylic acids is 1. The standard InChI is InChI=1S/C30H27N3O4S2/c1-20(2)33(19-21-8-4-3-5-9-21)39(36,37)24-15-12-22(13-16-24)29(35)31-23-14-17-25(27(34)18-23)30-32-26-10-6-7-11-28(26)38-30/h3-18,20,34H,19H2,1-2H3,(H,31,35). The van der Waals surface area contributed by atoms with Gasteiger partial charge in [0, 0.05) is 29.9 Å². The van der Waals surface area contributed by atoms with Crippen molar-refractivity contribution in [2.24, 2.45) is 0 Å². The Kier molecular flexibility index (Phi) is 7.47. The molecule has 0 aliphatic heterocycles. The fourth-order valence-electron chi connectivity index (χ4n) is 4.20. The zero-order valence-corrected chi connectivity index (χ0v) is 23.0. The van der Waals surface area contributed by atoms with Gasteiger partial charge in [0.25, 0.3) is 5.91 Å². The summed E-state index contributed by atoms with van der Waals surface area (Å²) in [6.45, 7) is 3.92. The first-order valence-corrected chi connectivity index (χ1v) is 14.6. The Balaban J connectivity index is 1.31. The van der Waals surface area contributed by atoms with E-state index in [1.165, 1.54) is 46.0 Å². The summed E-state index contributed by atoms with van der Waals surface area (Å²) in [4.78, 5) is 17.6. The van der Waals surface area contributed by atoms with Crippen molar-refractivity contribution in [1.82, 2.24) is 9.29 Å². The van der Waals surface area contributed by atoms with Crippen LogP contribution >= 0.6 is 11.3 Å². The molecule has 0 bridgehead atoms. The van der Waals surface area contributed by atoms with Gasteiger partial charge >= 0.3 is 0 Å². The fourth-order valence-corrected chi connectivity index (χ4v) is 6.83. The first kappa shape index (κ1) is 26.6. The van der Waals surface area contributed by atoms with Crippen molar-refractivity contribution in [1.29, 1.82) is 0 Å². The number of carbonyl (C=O) groups is 1. The molecule has 1 heterocycles. The summed E-state index contributed by atoms with van der Waals surface area (Å²) in [7, 11) is -3.78. The monoisotopic (exact) mass is 557 g/mol. The Morgan fingerprint density at radius 2 is 1.64 bits per heavy atom. The molecule has 0 saturated carbocycles. The number of fused-ring (bicyclic) bond motifs is 1. The highest BCUT2D eigenvalue weighted by atomic mass is 32.2. The lowest BCUT2D eigenvalue weighted by Gasteiger charge is -2.26. The molecule has 1 amide bonds. The number of phenols is 1. The number of amides is 1. The van der Waals surface area contributed by atoms with Crippen molar-refractivity contribution < 1.29 is 18.3 Å². The summed E-state index contributed by atoms with van der Waals surface area (Å²) in [5.74, 6) is -0.420. The average Bonchev–Trinajstić information content (AvgIpc) is 3.36. The highest BCUT2D eigenvalue weighted by molar-refractivity contribution is 7.89. The number of para-hydroxylation sites is 1. The molecule has 0 aliphatic rings. The maximum Gasteiger partial charge on any atom is 0.255 e. The highest BCUT2D eigenvalue weighted by Gasteiger charge is 2.27. The molecule has 0 saturated heterocycles. The number of sulfonamides is 1. The molecule has 9 heteroatoms. The van der Waals surface area contributed by atoms with Crippen molar-refractivity contribution in [2.45, 2.75) is 31.3 Å². The van der Waals surface area contributed by atoms with Gasteiger partial charge in [-0.25, -0.2) is 13.4 Å². The van der Waals surface area contributed by atoms with Crippen molar-refractivity contribution in [3.05, 3.63) is 108 Å². The second-order valence-corrected chi connectivity index (χ2v) is 12.2. The molecule has 5 aromatic rings. The number of nitrogens with one attached hydrogen (secondary N) is 1. The minimum Gasteiger partial charge on any atom is -0.507 e. The number of benzene rings is 4. The lowest BCUT2D eigenvalue weighted by Crippen LogP contribution is -2.36. The lowest BCUT2D eigenvalue weighted by molar-refractivity contribution is 0.102. The van der Waals surface area contributed by atoms with Gasteiger partial charge in [-0.15, -0.1) is 11.3 Å². The van der Waals surface area contributed by atoms with Crippen LogP contribution in [0.5, 0.6) is 5.75 Å². The van der Waals surface area contributed by atoms with Crippen LogP contribution in [0.4, 0.5) is 5.69 Å². The van der Waals surface area contributed by atoms with E-state index in [0.29, 0.717) is 21.8 Å². The van der Waals surface area contributed by atoms with Crippen LogP contribution in [0.1, 0.15) is 29.8 Å². The Labute approximate surface area is 231 Å². The molecule has 4 aromatic carbocycles. The Morgan fingerprint density at radius 1 is 0.949 bits per heavy atom. The molecular formula is C30H27N3O4S2. The molecule has 0 fully saturated rings. The lowest BCUT2D eigenvalue weighted by atomic mass is 10.1. The molecule has 5 rings (SSSR count). The van der Waals surface area contributed by atoms with Gasteiger partial charge in [-0.1, -0.05) is 42.5 Å². The molecule has 0 unspecified atom stereocenters. The summed E-state index contributed by atoms with van der Waals surface area (Å²) in [5, 5.41) is 14.1. The normalized spacial score (nSPS) is 11.8. The van der Waals surface area contributed by atoms with E-state index >= 15 is 0 Å². The smallest absolute Gasteiger partial charge is 0.255 e. The van der Waals surface area contributed by atoms with Gasteiger partial charge in [-0.3, -0.25) is 4.79 Å². The topological polar surface area (TPSA) is 99.6 Å². The maximum absolute atomic E-state index is 13.4. The number of anilines is 1. The predicted octanol–water partition coefficient (Wildman–Crippen LogP) is 6.52. The highest BCUT2D eigenvalue weighted by Crippen LogP contribution is 2.36. The van der Waals surface area contributed by atoms with E-state index in [0.717, 1.165) is 15.8 Å². The quantitative estimate of drug-likeness (QED) is 0.226. The number of aromatic hydroxyl groups is 1.